The van der Waals surface area contributed by atoms with Crippen molar-refractivity contribution in [3.63, 3.8) is 0 Å². The minimum absolute atomic E-state index is 0.0561. The second-order valence-corrected chi connectivity index (χ2v) is 10.6. The van der Waals surface area contributed by atoms with Crippen molar-refractivity contribution in [1.82, 2.24) is 9.47 Å². The van der Waals surface area contributed by atoms with E-state index >= 15 is 0 Å². The summed E-state index contributed by atoms with van der Waals surface area (Å²) in [7, 11) is 1.66. The van der Waals surface area contributed by atoms with Gasteiger partial charge in [-0.15, -0.1) is 0 Å². The molecule has 0 bridgehead atoms. The predicted octanol–water partition coefficient (Wildman–Crippen LogP) is 7.83. The average Bonchev–Trinajstić information content (AvgIpc) is 3.38. The van der Waals surface area contributed by atoms with Crippen LogP contribution >= 0.6 is 0 Å². The van der Waals surface area contributed by atoms with Crippen LogP contribution in [0.25, 0.3) is 0 Å². The van der Waals surface area contributed by atoms with Gasteiger partial charge in [0, 0.05) is 30.5 Å². The molecule has 1 aliphatic rings. The average molecular weight is 537 g/mol. The minimum atomic E-state index is -0.226. The van der Waals surface area contributed by atoms with Crippen molar-refractivity contribution >= 4 is 5.91 Å². The number of ether oxygens (including phenoxy) is 2. The first kappa shape index (κ1) is 27.6. The highest BCUT2D eigenvalue weighted by atomic mass is 16.5. The quantitative estimate of drug-likeness (QED) is 0.183. The number of aromatic nitrogens is 1. The fourth-order valence-corrected chi connectivity index (χ4v) is 5.59. The lowest BCUT2D eigenvalue weighted by atomic mass is 9.99. The topological polar surface area (TPSA) is 43.7 Å². The molecule has 0 saturated carbocycles. The Morgan fingerprint density at radius 1 is 0.850 bits per heavy atom. The molecule has 1 aromatic heterocycles. The number of fused-ring (bicyclic) bond motifs is 1. The lowest BCUT2D eigenvalue weighted by molar-refractivity contribution is 0.0709. The van der Waals surface area contributed by atoms with Crippen LogP contribution in [-0.2, 0) is 19.6 Å². The van der Waals surface area contributed by atoms with Crippen LogP contribution in [0, 0.1) is 0 Å². The normalized spacial score (nSPS) is 14.8. The third-order valence-electron chi connectivity index (χ3n) is 7.78. The fraction of sp³-hybridized carbons (Fsp3) is 0.343. The van der Waals surface area contributed by atoms with Gasteiger partial charge in [0.25, 0.3) is 5.91 Å². The van der Waals surface area contributed by atoms with Crippen molar-refractivity contribution in [2.45, 2.75) is 64.6 Å². The Kier molecular flexibility index (Phi) is 9.22. The summed E-state index contributed by atoms with van der Waals surface area (Å²) in [4.78, 5) is 16.0. The largest absolute Gasteiger partial charge is 0.493 e. The van der Waals surface area contributed by atoms with E-state index in [9.17, 15) is 4.79 Å². The van der Waals surface area contributed by atoms with Crippen LogP contribution in [0.4, 0.5) is 0 Å². The van der Waals surface area contributed by atoms with Crippen molar-refractivity contribution < 1.29 is 14.3 Å². The summed E-state index contributed by atoms with van der Waals surface area (Å²) in [6.45, 7) is 4.26. The van der Waals surface area contributed by atoms with Crippen LogP contribution in [0.1, 0.15) is 77.8 Å². The van der Waals surface area contributed by atoms with Crippen molar-refractivity contribution in [2.24, 2.45) is 0 Å². The summed E-state index contributed by atoms with van der Waals surface area (Å²) in [5, 5.41) is 0. The van der Waals surface area contributed by atoms with E-state index < -0.39 is 0 Å². The molecule has 0 spiro atoms. The van der Waals surface area contributed by atoms with Gasteiger partial charge in [-0.3, -0.25) is 4.79 Å². The molecule has 1 amide bonds. The predicted molar refractivity (Wildman–Crippen MR) is 160 cm³/mol. The van der Waals surface area contributed by atoms with E-state index in [0.29, 0.717) is 24.7 Å². The lowest BCUT2D eigenvalue weighted by Crippen LogP contribution is -2.35. The van der Waals surface area contributed by atoms with Crippen LogP contribution in [0.15, 0.2) is 91.1 Å². The van der Waals surface area contributed by atoms with E-state index in [-0.39, 0.29) is 11.9 Å². The number of rotatable bonds is 11. The molecule has 0 aliphatic carbocycles. The summed E-state index contributed by atoms with van der Waals surface area (Å²) < 4.78 is 14.2. The zero-order chi connectivity index (χ0) is 27.7. The summed E-state index contributed by atoms with van der Waals surface area (Å²) in [6, 6.07) is 28.4. The van der Waals surface area contributed by atoms with Crippen molar-refractivity contribution in [1.29, 1.82) is 0 Å². The molecule has 5 heteroatoms. The Morgan fingerprint density at radius 2 is 1.68 bits per heavy atom. The zero-order valence-corrected chi connectivity index (χ0v) is 23.7. The standard InChI is InChI=1S/C35H40N2O3/c1-3-4-5-7-12-27-16-18-29(19-17-27)35(38)37-24-11-23-36-22-10-15-31(36)34(37)30-20-21-32(33(25-30)39-2)40-26-28-13-8-6-9-14-28/h6,8-10,13-22,25,34H,3-5,7,11-12,23-24,26H2,1-2H3. The second kappa shape index (κ2) is 13.4. The minimum Gasteiger partial charge on any atom is -0.493 e. The van der Waals surface area contributed by atoms with E-state index in [1.165, 1.54) is 31.2 Å². The number of carbonyl (C=O) groups is 1. The summed E-state index contributed by atoms with van der Waals surface area (Å²) >= 11 is 0. The van der Waals surface area contributed by atoms with E-state index in [2.05, 4.69) is 48.0 Å². The third kappa shape index (κ3) is 6.41. The molecule has 0 saturated heterocycles. The van der Waals surface area contributed by atoms with E-state index in [1.54, 1.807) is 7.11 Å². The number of nitrogens with zero attached hydrogens (tertiary/aromatic N) is 2. The zero-order valence-electron chi connectivity index (χ0n) is 23.7. The van der Waals surface area contributed by atoms with Gasteiger partial charge in [0.1, 0.15) is 6.61 Å². The van der Waals surface area contributed by atoms with Gasteiger partial charge < -0.3 is 18.9 Å². The number of hydrogen-bond donors (Lipinski definition) is 0. The Labute approximate surface area is 238 Å². The Balaban J connectivity index is 1.40. The first-order valence-electron chi connectivity index (χ1n) is 14.6. The van der Waals surface area contributed by atoms with Gasteiger partial charge in [0.2, 0.25) is 0 Å². The molecule has 1 atom stereocenters. The molecule has 1 aliphatic heterocycles. The van der Waals surface area contributed by atoms with Crippen LogP contribution in [0.3, 0.4) is 0 Å². The number of aryl methyl sites for hydroxylation is 2. The highest BCUT2D eigenvalue weighted by Gasteiger charge is 2.32. The first-order chi connectivity index (χ1) is 19.7. The molecular formula is C35H40N2O3. The molecule has 4 aromatic rings. The van der Waals surface area contributed by atoms with Gasteiger partial charge in [-0.05, 0) is 72.4 Å². The maximum absolute atomic E-state index is 14.0. The molecule has 3 aromatic carbocycles. The number of methoxy groups -OCH3 is 1. The first-order valence-corrected chi connectivity index (χ1v) is 14.6. The van der Waals surface area contributed by atoms with E-state index in [0.717, 1.165) is 41.8 Å². The molecule has 0 fully saturated rings. The molecule has 208 valence electrons. The number of hydrogen-bond acceptors (Lipinski definition) is 3. The van der Waals surface area contributed by atoms with Gasteiger partial charge in [0.15, 0.2) is 11.5 Å². The third-order valence-corrected chi connectivity index (χ3v) is 7.78. The lowest BCUT2D eigenvalue weighted by Gasteiger charge is -2.31. The summed E-state index contributed by atoms with van der Waals surface area (Å²) in [5.74, 6) is 1.41. The molecule has 40 heavy (non-hydrogen) atoms. The smallest absolute Gasteiger partial charge is 0.254 e. The highest BCUT2D eigenvalue weighted by molar-refractivity contribution is 5.94. The van der Waals surface area contributed by atoms with Gasteiger partial charge in [-0.25, -0.2) is 0 Å². The monoisotopic (exact) mass is 536 g/mol. The number of amides is 1. The molecular weight excluding hydrogens is 496 g/mol. The maximum atomic E-state index is 14.0. The summed E-state index contributed by atoms with van der Waals surface area (Å²) in [6.07, 6.45) is 9.04. The Hall–Kier alpha value is -3.99. The van der Waals surface area contributed by atoms with Crippen LogP contribution < -0.4 is 9.47 Å². The molecule has 5 nitrogen and oxygen atoms in total. The SMILES string of the molecule is CCCCCCc1ccc(C(=O)N2CCCn3cccc3C2c2ccc(OCc3ccccc3)c(OC)c2)cc1. The maximum Gasteiger partial charge on any atom is 0.254 e. The van der Waals surface area contributed by atoms with E-state index in [4.69, 9.17) is 9.47 Å². The van der Waals surface area contributed by atoms with Gasteiger partial charge in [0.05, 0.1) is 13.2 Å². The van der Waals surface area contributed by atoms with E-state index in [1.807, 2.05) is 59.5 Å². The molecule has 5 rings (SSSR count). The van der Waals surface area contributed by atoms with Gasteiger partial charge >= 0.3 is 0 Å². The summed E-state index contributed by atoms with van der Waals surface area (Å²) in [5.41, 5.74) is 5.24. The highest BCUT2D eigenvalue weighted by Crippen LogP contribution is 2.38. The van der Waals surface area contributed by atoms with Crippen LogP contribution in [0.5, 0.6) is 11.5 Å². The number of benzene rings is 3. The fourth-order valence-electron chi connectivity index (χ4n) is 5.59. The van der Waals surface area contributed by atoms with Crippen molar-refractivity contribution in [3.05, 3.63) is 119 Å². The molecule has 1 unspecified atom stereocenters. The number of unbranched alkanes of at least 4 members (excludes halogenated alkanes) is 3. The number of carbonyl (C=O) groups excluding carboxylic acids is 1. The van der Waals surface area contributed by atoms with Gasteiger partial charge in [-0.1, -0.05) is 74.7 Å². The molecule has 0 N–H and O–H groups in total. The Bertz CT molecular complexity index is 1380. The molecule has 0 radical (unpaired) electrons. The van der Waals surface area contributed by atoms with Crippen molar-refractivity contribution in [2.75, 3.05) is 13.7 Å². The molecule has 2 heterocycles. The second-order valence-electron chi connectivity index (χ2n) is 10.6. The Morgan fingerprint density at radius 3 is 2.45 bits per heavy atom. The van der Waals surface area contributed by atoms with Gasteiger partial charge in [-0.2, -0.15) is 0 Å². The van der Waals surface area contributed by atoms with Crippen LogP contribution in [-0.4, -0.2) is 29.0 Å². The van der Waals surface area contributed by atoms with Crippen molar-refractivity contribution in [3.8, 4) is 11.5 Å². The van der Waals surface area contributed by atoms with Crippen LogP contribution in [0.2, 0.25) is 0 Å².